The molecule has 0 fully saturated rings. The first-order valence-electron chi connectivity index (χ1n) is 8.56. The predicted octanol–water partition coefficient (Wildman–Crippen LogP) is 3.37. The van der Waals surface area contributed by atoms with Crippen molar-refractivity contribution >= 4 is 39.1 Å². The Bertz CT molecular complexity index is 916. The SMILES string of the molecule is CN(C)S(=O)(=O)c1ccc(OCCNC(=O)CCc2ccc(Cl)c(Cl)c2)cc1. The highest BCUT2D eigenvalue weighted by Crippen LogP contribution is 2.23. The summed E-state index contributed by atoms with van der Waals surface area (Å²) in [6.07, 6.45) is 0.889. The Balaban J connectivity index is 1.72. The number of nitrogens with one attached hydrogen (secondary N) is 1. The van der Waals surface area contributed by atoms with Crippen LogP contribution < -0.4 is 10.1 Å². The molecule has 0 radical (unpaired) electrons. The van der Waals surface area contributed by atoms with Gasteiger partial charge in [0.25, 0.3) is 0 Å². The van der Waals surface area contributed by atoms with Crippen molar-refractivity contribution in [2.45, 2.75) is 17.7 Å². The minimum Gasteiger partial charge on any atom is -0.492 e. The predicted molar refractivity (Wildman–Crippen MR) is 111 cm³/mol. The molecule has 0 bridgehead atoms. The van der Waals surface area contributed by atoms with Gasteiger partial charge in [0.1, 0.15) is 12.4 Å². The number of aryl methyl sites for hydroxylation is 1. The van der Waals surface area contributed by atoms with E-state index in [2.05, 4.69) is 5.32 Å². The summed E-state index contributed by atoms with van der Waals surface area (Å²) in [5, 5.41) is 3.73. The number of hydrogen-bond donors (Lipinski definition) is 1. The van der Waals surface area contributed by atoms with Crippen LogP contribution in [0.2, 0.25) is 10.0 Å². The van der Waals surface area contributed by atoms with Crippen LogP contribution in [0.15, 0.2) is 47.4 Å². The number of ether oxygens (including phenoxy) is 1. The largest absolute Gasteiger partial charge is 0.492 e. The van der Waals surface area contributed by atoms with E-state index in [1.165, 1.54) is 26.2 Å². The van der Waals surface area contributed by atoms with Crippen molar-refractivity contribution in [2.24, 2.45) is 0 Å². The molecule has 0 spiro atoms. The Hall–Kier alpha value is -1.80. The van der Waals surface area contributed by atoms with E-state index in [-0.39, 0.29) is 17.4 Å². The summed E-state index contributed by atoms with van der Waals surface area (Å²) in [4.78, 5) is 12.1. The van der Waals surface area contributed by atoms with Gasteiger partial charge in [0.2, 0.25) is 15.9 Å². The monoisotopic (exact) mass is 444 g/mol. The van der Waals surface area contributed by atoms with E-state index >= 15 is 0 Å². The number of benzene rings is 2. The van der Waals surface area contributed by atoms with Gasteiger partial charge in [-0.15, -0.1) is 0 Å². The van der Waals surface area contributed by atoms with Gasteiger partial charge in [-0.2, -0.15) is 0 Å². The van der Waals surface area contributed by atoms with Gasteiger partial charge in [-0.05, 0) is 48.4 Å². The van der Waals surface area contributed by atoms with Crippen molar-refractivity contribution < 1.29 is 17.9 Å². The quantitative estimate of drug-likeness (QED) is 0.601. The molecule has 28 heavy (non-hydrogen) atoms. The van der Waals surface area contributed by atoms with Crippen LogP contribution in [0, 0.1) is 0 Å². The Morgan fingerprint density at radius 3 is 2.36 bits per heavy atom. The third-order valence-corrected chi connectivity index (χ3v) is 6.49. The number of carbonyl (C=O) groups excluding carboxylic acids is 1. The van der Waals surface area contributed by atoms with Crippen LogP contribution in [0.25, 0.3) is 0 Å². The van der Waals surface area contributed by atoms with E-state index in [9.17, 15) is 13.2 Å². The average molecular weight is 445 g/mol. The second-order valence-electron chi connectivity index (χ2n) is 6.21. The number of halogens is 2. The van der Waals surface area contributed by atoms with E-state index in [1.54, 1.807) is 24.3 Å². The Morgan fingerprint density at radius 2 is 1.75 bits per heavy atom. The maximum Gasteiger partial charge on any atom is 0.242 e. The smallest absolute Gasteiger partial charge is 0.242 e. The third-order valence-electron chi connectivity index (χ3n) is 3.92. The minimum atomic E-state index is -3.46. The minimum absolute atomic E-state index is 0.0953. The average Bonchev–Trinajstić information content (AvgIpc) is 2.66. The zero-order valence-electron chi connectivity index (χ0n) is 15.6. The summed E-state index contributed by atoms with van der Waals surface area (Å²) >= 11 is 11.8. The molecule has 0 aromatic heterocycles. The maximum absolute atomic E-state index is 12.0. The van der Waals surface area contributed by atoms with Gasteiger partial charge >= 0.3 is 0 Å². The zero-order valence-corrected chi connectivity index (χ0v) is 17.9. The molecule has 6 nitrogen and oxygen atoms in total. The first-order chi connectivity index (χ1) is 13.2. The lowest BCUT2D eigenvalue weighted by molar-refractivity contribution is -0.121. The van der Waals surface area contributed by atoms with Crippen molar-refractivity contribution in [2.75, 3.05) is 27.2 Å². The highest BCUT2D eigenvalue weighted by atomic mass is 35.5. The first-order valence-corrected chi connectivity index (χ1v) is 10.8. The van der Waals surface area contributed by atoms with Gasteiger partial charge in [-0.3, -0.25) is 4.79 Å². The number of rotatable bonds is 9. The lowest BCUT2D eigenvalue weighted by Gasteiger charge is -2.12. The fourth-order valence-corrected chi connectivity index (χ4v) is 3.54. The van der Waals surface area contributed by atoms with E-state index in [0.29, 0.717) is 35.2 Å². The molecule has 9 heteroatoms. The van der Waals surface area contributed by atoms with E-state index in [0.717, 1.165) is 9.87 Å². The van der Waals surface area contributed by atoms with Gasteiger partial charge in [-0.1, -0.05) is 29.3 Å². The number of sulfonamides is 1. The van der Waals surface area contributed by atoms with Crippen molar-refractivity contribution in [3.05, 3.63) is 58.1 Å². The molecule has 0 saturated heterocycles. The van der Waals surface area contributed by atoms with E-state index in [4.69, 9.17) is 27.9 Å². The van der Waals surface area contributed by atoms with Gasteiger partial charge in [0, 0.05) is 20.5 Å². The van der Waals surface area contributed by atoms with Gasteiger partial charge < -0.3 is 10.1 Å². The van der Waals surface area contributed by atoms with Crippen LogP contribution in [0.1, 0.15) is 12.0 Å². The molecule has 0 saturated carbocycles. The highest BCUT2D eigenvalue weighted by molar-refractivity contribution is 7.89. The van der Waals surface area contributed by atoms with Crippen LogP contribution in [-0.2, 0) is 21.2 Å². The molecule has 0 aliphatic rings. The number of carbonyl (C=O) groups is 1. The Labute approximate surface area is 175 Å². The molecule has 152 valence electrons. The topological polar surface area (TPSA) is 75.7 Å². The van der Waals surface area contributed by atoms with Crippen LogP contribution in [0.4, 0.5) is 0 Å². The molecule has 2 aromatic carbocycles. The second-order valence-corrected chi connectivity index (χ2v) is 9.17. The lowest BCUT2D eigenvalue weighted by atomic mass is 10.1. The molecule has 0 atom stereocenters. The van der Waals surface area contributed by atoms with Crippen LogP contribution in [-0.4, -0.2) is 45.9 Å². The summed E-state index contributed by atoms with van der Waals surface area (Å²) < 4.78 is 30.7. The maximum atomic E-state index is 12.0. The molecule has 1 amide bonds. The van der Waals surface area contributed by atoms with E-state index in [1.807, 2.05) is 6.07 Å². The van der Waals surface area contributed by atoms with E-state index < -0.39 is 10.0 Å². The summed E-state index contributed by atoms with van der Waals surface area (Å²) in [6.45, 7) is 0.621. The highest BCUT2D eigenvalue weighted by Gasteiger charge is 2.16. The molecule has 2 aromatic rings. The molecule has 0 aliphatic heterocycles. The van der Waals surface area contributed by atoms with Gasteiger partial charge in [0.15, 0.2) is 0 Å². The second kappa shape index (κ2) is 10.1. The number of hydrogen-bond acceptors (Lipinski definition) is 4. The third kappa shape index (κ3) is 6.38. The summed E-state index contributed by atoms with van der Waals surface area (Å²) in [6, 6.07) is 11.4. The van der Waals surface area contributed by atoms with Gasteiger partial charge in [-0.25, -0.2) is 12.7 Å². The molecule has 0 unspecified atom stereocenters. The number of amides is 1. The first kappa shape index (κ1) is 22.5. The number of nitrogens with zero attached hydrogens (tertiary/aromatic N) is 1. The van der Waals surface area contributed by atoms with Crippen LogP contribution >= 0.6 is 23.2 Å². The van der Waals surface area contributed by atoms with Crippen molar-refractivity contribution in [3.8, 4) is 5.75 Å². The lowest BCUT2D eigenvalue weighted by Crippen LogP contribution is -2.28. The van der Waals surface area contributed by atoms with Crippen LogP contribution in [0.5, 0.6) is 5.75 Å². The summed E-state index contributed by atoms with van der Waals surface area (Å²) in [5.41, 5.74) is 0.938. The van der Waals surface area contributed by atoms with Crippen LogP contribution in [0.3, 0.4) is 0 Å². The standard InChI is InChI=1S/C19H22Cl2N2O4S/c1-23(2)28(25,26)16-7-5-15(6-8-16)27-12-11-22-19(24)10-4-14-3-9-17(20)18(21)13-14/h3,5-9,13H,4,10-12H2,1-2H3,(H,22,24). The normalized spacial score (nSPS) is 11.5. The van der Waals surface area contributed by atoms with Gasteiger partial charge in [0.05, 0.1) is 21.5 Å². The fourth-order valence-electron chi connectivity index (χ4n) is 2.32. The molecular formula is C19H22Cl2N2O4S. The molecule has 1 N–H and O–H groups in total. The van der Waals surface area contributed by atoms with Crippen molar-refractivity contribution in [3.63, 3.8) is 0 Å². The van der Waals surface area contributed by atoms with Crippen molar-refractivity contribution in [1.82, 2.24) is 9.62 Å². The Kier molecular flexibility index (Phi) is 8.12. The zero-order chi connectivity index (χ0) is 20.7. The molecule has 2 rings (SSSR count). The molecule has 0 heterocycles. The summed E-state index contributed by atoms with van der Waals surface area (Å²) in [7, 11) is -0.507. The Morgan fingerprint density at radius 1 is 1.07 bits per heavy atom. The summed E-state index contributed by atoms with van der Waals surface area (Å²) in [5.74, 6) is 0.435. The molecular weight excluding hydrogens is 423 g/mol. The molecule has 0 aliphatic carbocycles. The van der Waals surface area contributed by atoms with Crippen molar-refractivity contribution in [1.29, 1.82) is 0 Å². The fraction of sp³-hybridized carbons (Fsp3) is 0.316.